The zero-order valence-corrected chi connectivity index (χ0v) is 9.78. The first-order chi connectivity index (χ1) is 7.65. The number of ether oxygens (including phenoxy) is 1. The molecule has 0 spiro atoms. The third-order valence-corrected chi connectivity index (χ3v) is 2.58. The number of carbonyl (C=O) groups is 2. The Hall–Kier alpha value is -1.58. The van der Waals surface area contributed by atoms with Gasteiger partial charge in [-0.3, -0.25) is 4.79 Å². The van der Waals surface area contributed by atoms with Crippen LogP contribution in [0.15, 0.2) is 10.7 Å². The standard InChI is InChI=1S/C12H16O4/c1-4-8(3)9-7-16-10(6-13)11(9)12(14)15-5-2/h6-8H,4-5H2,1-3H3. The molecule has 0 aliphatic carbocycles. The number of carbonyl (C=O) groups excluding carboxylic acids is 2. The lowest BCUT2D eigenvalue weighted by Crippen LogP contribution is -2.09. The predicted molar refractivity (Wildman–Crippen MR) is 58.8 cm³/mol. The Morgan fingerprint density at radius 1 is 1.56 bits per heavy atom. The van der Waals surface area contributed by atoms with Crippen molar-refractivity contribution < 1.29 is 18.7 Å². The molecule has 4 heteroatoms. The van der Waals surface area contributed by atoms with Gasteiger partial charge in [0, 0.05) is 5.56 Å². The van der Waals surface area contributed by atoms with E-state index >= 15 is 0 Å². The SMILES string of the molecule is CCOC(=O)c1c(C(C)CC)coc1C=O. The molecular weight excluding hydrogens is 208 g/mol. The summed E-state index contributed by atoms with van der Waals surface area (Å²) in [6, 6.07) is 0. The molecule has 1 heterocycles. The summed E-state index contributed by atoms with van der Waals surface area (Å²) in [5, 5.41) is 0. The van der Waals surface area contributed by atoms with Crippen molar-refractivity contribution in [1.29, 1.82) is 0 Å². The minimum Gasteiger partial charge on any atom is -0.462 e. The first-order valence-corrected chi connectivity index (χ1v) is 5.39. The molecule has 0 amide bonds. The van der Waals surface area contributed by atoms with Gasteiger partial charge < -0.3 is 9.15 Å². The fraction of sp³-hybridized carbons (Fsp3) is 0.500. The molecular formula is C12H16O4. The molecule has 0 aromatic carbocycles. The van der Waals surface area contributed by atoms with E-state index < -0.39 is 5.97 Å². The summed E-state index contributed by atoms with van der Waals surface area (Å²) >= 11 is 0. The van der Waals surface area contributed by atoms with Crippen LogP contribution in [0.5, 0.6) is 0 Å². The number of aldehydes is 1. The fourth-order valence-electron chi connectivity index (χ4n) is 1.48. The van der Waals surface area contributed by atoms with E-state index in [-0.39, 0.29) is 23.8 Å². The smallest absolute Gasteiger partial charge is 0.342 e. The molecule has 0 saturated carbocycles. The number of rotatable bonds is 5. The van der Waals surface area contributed by atoms with Gasteiger partial charge >= 0.3 is 5.97 Å². The second-order valence-electron chi connectivity index (χ2n) is 3.58. The molecule has 0 radical (unpaired) electrons. The maximum absolute atomic E-state index is 11.7. The molecule has 0 N–H and O–H groups in total. The van der Waals surface area contributed by atoms with Crippen LogP contribution >= 0.6 is 0 Å². The molecule has 16 heavy (non-hydrogen) atoms. The van der Waals surface area contributed by atoms with Crippen LogP contribution in [0.3, 0.4) is 0 Å². The van der Waals surface area contributed by atoms with Crippen LogP contribution in [-0.4, -0.2) is 18.9 Å². The van der Waals surface area contributed by atoms with Gasteiger partial charge in [-0.2, -0.15) is 0 Å². The Labute approximate surface area is 94.6 Å². The topological polar surface area (TPSA) is 56.5 Å². The van der Waals surface area contributed by atoms with Crippen molar-refractivity contribution in [2.45, 2.75) is 33.1 Å². The maximum atomic E-state index is 11.7. The Balaban J connectivity index is 3.15. The van der Waals surface area contributed by atoms with Gasteiger partial charge in [0.25, 0.3) is 0 Å². The highest BCUT2D eigenvalue weighted by atomic mass is 16.5. The third-order valence-electron chi connectivity index (χ3n) is 2.58. The highest BCUT2D eigenvalue weighted by molar-refractivity contribution is 5.98. The molecule has 0 bridgehead atoms. The van der Waals surface area contributed by atoms with Crippen LogP contribution in [0, 0.1) is 0 Å². The fourth-order valence-corrected chi connectivity index (χ4v) is 1.48. The first kappa shape index (κ1) is 12.5. The van der Waals surface area contributed by atoms with E-state index in [1.54, 1.807) is 6.92 Å². The molecule has 1 rings (SSSR count). The summed E-state index contributed by atoms with van der Waals surface area (Å²) in [5.41, 5.74) is 1.01. The van der Waals surface area contributed by atoms with Gasteiger partial charge in [-0.1, -0.05) is 13.8 Å². The van der Waals surface area contributed by atoms with Crippen molar-refractivity contribution in [3.8, 4) is 0 Å². The minimum absolute atomic E-state index is 0.0498. The number of esters is 1. The Morgan fingerprint density at radius 3 is 2.75 bits per heavy atom. The normalized spacial score (nSPS) is 12.2. The van der Waals surface area contributed by atoms with Crippen LogP contribution in [-0.2, 0) is 4.74 Å². The number of furan rings is 1. The van der Waals surface area contributed by atoms with Gasteiger partial charge in [-0.05, 0) is 19.3 Å². The lowest BCUT2D eigenvalue weighted by molar-refractivity contribution is 0.0521. The first-order valence-electron chi connectivity index (χ1n) is 5.39. The second kappa shape index (κ2) is 5.49. The Bertz CT molecular complexity index is 378. The van der Waals surface area contributed by atoms with Gasteiger partial charge in [0.2, 0.25) is 0 Å². The second-order valence-corrected chi connectivity index (χ2v) is 3.58. The minimum atomic E-state index is -0.492. The highest BCUT2D eigenvalue weighted by Crippen LogP contribution is 2.27. The lowest BCUT2D eigenvalue weighted by Gasteiger charge is -2.08. The quantitative estimate of drug-likeness (QED) is 0.570. The summed E-state index contributed by atoms with van der Waals surface area (Å²) in [6.07, 6.45) is 2.87. The van der Waals surface area contributed by atoms with E-state index in [2.05, 4.69) is 0 Å². The predicted octanol–water partition coefficient (Wildman–Crippen LogP) is 2.78. The van der Waals surface area contributed by atoms with Gasteiger partial charge in [0.15, 0.2) is 12.0 Å². The molecule has 1 aromatic rings. The molecule has 0 aliphatic heterocycles. The Morgan fingerprint density at radius 2 is 2.25 bits per heavy atom. The van der Waals surface area contributed by atoms with Crippen LogP contribution in [0.2, 0.25) is 0 Å². The number of hydrogen-bond donors (Lipinski definition) is 0. The zero-order valence-electron chi connectivity index (χ0n) is 9.78. The van der Waals surface area contributed by atoms with E-state index in [9.17, 15) is 9.59 Å². The molecule has 88 valence electrons. The zero-order chi connectivity index (χ0) is 12.1. The molecule has 0 aliphatic rings. The van der Waals surface area contributed by atoms with Crippen molar-refractivity contribution in [3.05, 3.63) is 23.2 Å². The molecule has 1 aromatic heterocycles. The molecule has 1 atom stereocenters. The third kappa shape index (κ3) is 2.32. The van der Waals surface area contributed by atoms with E-state index in [1.165, 1.54) is 6.26 Å². The van der Waals surface area contributed by atoms with Crippen molar-refractivity contribution in [2.75, 3.05) is 6.61 Å². The number of hydrogen-bond acceptors (Lipinski definition) is 4. The summed E-state index contributed by atoms with van der Waals surface area (Å²) in [4.78, 5) is 22.4. The average Bonchev–Trinajstić information content (AvgIpc) is 2.71. The maximum Gasteiger partial charge on any atom is 0.342 e. The summed E-state index contributed by atoms with van der Waals surface area (Å²) < 4.78 is 9.97. The van der Waals surface area contributed by atoms with Crippen LogP contribution < -0.4 is 0 Å². The highest BCUT2D eigenvalue weighted by Gasteiger charge is 2.24. The lowest BCUT2D eigenvalue weighted by atomic mass is 9.96. The van der Waals surface area contributed by atoms with Gasteiger partial charge in [0.1, 0.15) is 5.56 Å². The van der Waals surface area contributed by atoms with Crippen molar-refractivity contribution in [3.63, 3.8) is 0 Å². The van der Waals surface area contributed by atoms with Crippen molar-refractivity contribution in [1.82, 2.24) is 0 Å². The average molecular weight is 224 g/mol. The van der Waals surface area contributed by atoms with Gasteiger partial charge in [-0.15, -0.1) is 0 Å². The van der Waals surface area contributed by atoms with E-state index in [0.717, 1.165) is 12.0 Å². The van der Waals surface area contributed by atoms with Crippen molar-refractivity contribution in [2.24, 2.45) is 0 Å². The summed E-state index contributed by atoms with van der Waals surface area (Å²) in [6.45, 7) is 5.99. The largest absolute Gasteiger partial charge is 0.462 e. The van der Waals surface area contributed by atoms with Crippen molar-refractivity contribution >= 4 is 12.3 Å². The van der Waals surface area contributed by atoms with Crippen LogP contribution in [0.1, 0.15) is 59.6 Å². The Kier molecular flexibility index (Phi) is 4.28. The van der Waals surface area contributed by atoms with Gasteiger partial charge in [0.05, 0.1) is 12.9 Å². The monoisotopic (exact) mass is 224 g/mol. The molecule has 4 nitrogen and oxygen atoms in total. The molecule has 0 saturated heterocycles. The van der Waals surface area contributed by atoms with E-state index in [4.69, 9.17) is 9.15 Å². The molecule has 1 unspecified atom stereocenters. The molecule has 0 fully saturated rings. The van der Waals surface area contributed by atoms with E-state index in [0.29, 0.717) is 6.29 Å². The summed E-state index contributed by atoms with van der Waals surface area (Å²) in [7, 11) is 0. The summed E-state index contributed by atoms with van der Waals surface area (Å²) in [5.74, 6) is -0.278. The van der Waals surface area contributed by atoms with E-state index in [1.807, 2.05) is 13.8 Å². The van der Waals surface area contributed by atoms with Crippen LogP contribution in [0.25, 0.3) is 0 Å². The van der Waals surface area contributed by atoms with Crippen LogP contribution in [0.4, 0.5) is 0 Å². The van der Waals surface area contributed by atoms with Gasteiger partial charge in [-0.25, -0.2) is 4.79 Å².